The minimum atomic E-state index is -0.122. The molecule has 1 aromatic heterocycles. The van der Waals surface area contributed by atoms with Gasteiger partial charge >= 0.3 is 0 Å². The van der Waals surface area contributed by atoms with Crippen LogP contribution >= 0.6 is 11.6 Å². The molecule has 2 aromatic carbocycles. The fourth-order valence-corrected chi connectivity index (χ4v) is 3.71. The van der Waals surface area contributed by atoms with Gasteiger partial charge in [0, 0.05) is 30.2 Å². The van der Waals surface area contributed by atoms with Crippen molar-refractivity contribution in [3.8, 4) is 28.1 Å². The van der Waals surface area contributed by atoms with E-state index in [1.807, 2.05) is 48.5 Å². The van der Waals surface area contributed by atoms with Gasteiger partial charge in [0.15, 0.2) is 0 Å². The van der Waals surface area contributed by atoms with Gasteiger partial charge in [-0.05, 0) is 48.0 Å². The van der Waals surface area contributed by atoms with E-state index in [9.17, 15) is 4.79 Å². The lowest BCUT2D eigenvalue weighted by Gasteiger charge is -2.26. The summed E-state index contributed by atoms with van der Waals surface area (Å²) >= 11 is 6.18. The Bertz CT molecular complexity index is 1060. The second-order valence-corrected chi connectivity index (χ2v) is 7.60. The highest BCUT2D eigenvalue weighted by Crippen LogP contribution is 2.25. The first-order valence-corrected chi connectivity index (χ1v) is 10.3. The highest BCUT2D eigenvalue weighted by atomic mass is 35.5. The molecule has 0 aliphatic carbocycles. The molecule has 0 saturated carbocycles. The first kappa shape index (κ1) is 20.6. The summed E-state index contributed by atoms with van der Waals surface area (Å²) in [6.07, 6.45) is 0. The third-order valence-electron chi connectivity index (χ3n) is 5.23. The van der Waals surface area contributed by atoms with Gasteiger partial charge < -0.3 is 9.47 Å². The van der Waals surface area contributed by atoms with E-state index in [0.717, 1.165) is 55.4 Å². The summed E-state index contributed by atoms with van der Waals surface area (Å²) in [5, 5.41) is 5.26. The Labute approximate surface area is 180 Å². The van der Waals surface area contributed by atoms with Gasteiger partial charge in [-0.1, -0.05) is 23.7 Å². The molecule has 1 saturated heterocycles. The predicted octanol–water partition coefficient (Wildman–Crippen LogP) is 3.57. The molecule has 7 heteroatoms. The molecule has 0 atom stereocenters. The standard InChI is InChI=1S/C23H24ClN3O3/c1-29-20-7-5-17(6-8-20)22-16-21(18-3-2-4-19(24)15-18)23(28)27(25-22)10-9-26-11-13-30-14-12-26/h2-8,15-16H,9-14H2,1H3. The molecule has 2 heterocycles. The van der Waals surface area contributed by atoms with Crippen molar-refractivity contribution in [1.29, 1.82) is 0 Å². The van der Waals surface area contributed by atoms with Gasteiger partial charge in [-0.3, -0.25) is 9.69 Å². The number of aromatic nitrogens is 2. The Morgan fingerprint density at radius 1 is 1.03 bits per heavy atom. The molecule has 1 aliphatic rings. The van der Waals surface area contributed by atoms with Crippen molar-refractivity contribution in [2.75, 3.05) is 40.0 Å². The lowest BCUT2D eigenvalue weighted by Crippen LogP contribution is -2.39. The number of rotatable bonds is 6. The molecule has 30 heavy (non-hydrogen) atoms. The topological polar surface area (TPSA) is 56.6 Å². The highest BCUT2D eigenvalue weighted by molar-refractivity contribution is 6.30. The summed E-state index contributed by atoms with van der Waals surface area (Å²) in [4.78, 5) is 15.5. The van der Waals surface area contributed by atoms with Crippen molar-refractivity contribution < 1.29 is 9.47 Å². The lowest BCUT2D eigenvalue weighted by molar-refractivity contribution is 0.0358. The van der Waals surface area contributed by atoms with Crippen molar-refractivity contribution >= 4 is 11.6 Å². The van der Waals surface area contributed by atoms with Gasteiger partial charge in [0.1, 0.15) is 5.75 Å². The summed E-state index contributed by atoms with van der Waals surface area (Å²) in [6, 6.07) is 16.9. The SMILES string of the molecule is COc1ccc(-c2cc(-c3cccc(Cl)c3)c(=O)n(CCN3CCOCC3)n2)cc1. The minimum Gasteiger partial charge on any atom is -0.497 e. The van der Waals surface area contributed by atoms with Crippen LogP contribution < -0.4 is 10.3 Å². The normalized spacial score (nSPS) is 14.6. The number of hydrogen-bond acceptors (Lipinski definition) is 5. The van der Waals surface area contributed by atoms with Crippen LogP contribution in [0.3, 0.4) is 0 Å². The zero-order valence-corrected chi connectivity index (χ0v) is 17.6. The molecule has 0 N–H and O–H groups in total. The summed E-state index contributed by atoms with van der Waals surface area (Å²) in [5.74, 6) is 0.773. The van der Waals surface area contributed by atoms with Crippen LogP contribution in [0.1, 0.15) is 0 Å². The first-order valence-electron chi connectivity index (χ1n) is 9.97. The Morgan fingerprint density at radius 2 is 1.80 bits per heavy atom. The molecule has 4 rings (SSSR count). The molecule has 1 fully saturated rings. The zero-order valence-electron chi connectivity index (χ0n) is 16.9. The van der Waals surface area contributed by atoms with E-state index in [2.05, 4.69) is 10.00 Å². The van der Waals surface area contributed by atoms with Crippen LogP contribution in [0.4, 0.5) is 0 Å². The third-order valence-corrected chi connectivity index (χ3v) is 5.46. The van der Waals surface area contributed by atoms with Gasteiger partial charge in [0.25, 0.3) is 5.56 Å². The maximum Gasteiger partial charge on any atom is 0.274 e. The van der Waals surface area contributed by atoms with Gasteiger partial charge in [0.05, 0.1) is 38.1 Å². The van der Waals surface area contributed by atoms with Crippen molar-refractivity contribution in [3.63, 3.8) is 0 Å². The smallest absolute Gasteiger partial charge is 0.274 e. The summed E-state index contributed by atoms with van der Waals surface area (Å²) in [6.45, 7) is 4.44. The van der Waals surface area contributed by atoms with Crippen molar-refractivity contribution in [3.05, 3.63) is 70.0 Å². The largest absolute Gasteiger partial charge is 0.497 e. The third kappa shape index (κ3) is 4.73. The molecule has 0 spiro atoms. The summed E-state index contributed by atoms with van der Waals surface area (Å²) < 4.78 is 12.2. The number of halogens is 1. The van der Waals surface area contributed by atoms with E-state index < -0.39 is 0 Å². The van der Waals surface area contributed by atoms with Crippen molar-refractivity contribution in [2.45, 2.75) is 6.54 Å². The Balaban J connectivity index is 1.73. The number of nitrogens with zero attached hydrogens (tertiary/aromatic N) is 3. The number of ether oxygens (including phenoxy) is 2. The number of hydrogen-bond donors (Lipinski definition) is 0. The monoisotopic (exact) mass is 425 g/mol. The molecule has 0 radical (unpaired) electrons. The van der Waals surface area contributed by atoms with Crippen molar-refractivity contribution in [1.82, 2.24) is 14.7 Å². The average Bonchev–Trinajstić information content (AvgIpc) is 2.79. The maximum atomic E-state index is 13.2. The van der Waals surface area contributed by atoms with E-state index in [4.69, 9.17) is 21.1 Å². The Kier molecular flexibility index (Phi) is 6.47. The predicted molar refractivity (Wildman–Crippen MR) is 118 cm³/mol. The second kappa shape index (κ2) is 9.43. The molecule has 156 valence electrons. The minimum absolute atomic E-state index is 0.122. The fraction of sp³-hybridized carbons (Fsp3) is 0.304. The maximum absolute atomic E-state index is 13.2. The number of benzene rings is 2. The number of morpholine rings is 1. The molecule has 0 bridgehead atoms. The van der Waals surface area contributed by atoms with E-state index in [-0.39, 0.29) is 5.56 Å². The van der Waals surface area contributed by atoms with E-state index in [1.54, 1.807) is 17.9 Å². The van der Waals surface area contributed by atoms with Crippen LogP contribution in [0, 0.1) is 0 Å². The summed E-state index contributed by atoms with van der Waals surface area (Å²) in [5.41, 5.74) is 2.89. The molecule has 3 aromatic rings. The second-order valence-electron chi connectivity index (χ2n) is 7.16. The van der Waals surface area contributed by atoms with Crippen LogP contribution in [0.5, 0.6) is 5.75 Å². The molecule has 1 aliphatic heterocycles. The van der Waals surface area contributed by atoms with Crippen LogP contribution in [0.2, 0.25) is 5.02 Å². The van der Waals surface area contributed by atoms with Gasteiger partial charge in [0.2, 0.25) is 0 Å². The molecule has 0 amide bonds. The van der Waals surface area contributed by atoms with Crippen molar-refractivity contribution in [2.24, 2.45) is 0 Å². The quantitative estimate of drug-likeness (QED) is 0.604. The zero-order chi connectivity index (χ0) is 20.9. The van der Waals surface area contributed by atoms with Crippen LogP contribution in [-0.2, 0) is 11.3 Å². The Morgan fingerprint density at radius 3 is 2.50 bits per heavy atom. The summed E-state index contributed by atoms with van der Waals surface area (Å²) in [7, 11) is 1.64. The average molecular weight is 426 g/mol. The highest BCUT2D eigenvalue weighted by Gasteiger charge is 2.15. The Hall–Kier alpha value is -2.67. The van der Waals surface area contributed by atoms with Crippen LogP contribution in [0.15, 0.2) is 59.4 Å². The van der Waals surface area contributed by atoms with E-state index >= 15 is 0 Å². The molecule has 6 nitrogen and oxygen atoms in total. The molecule has 0 unspecified atom stereocenters. The van der Waals surface area contributed by atoms with Crippen LogP contribution in [0.25, 0.3) is 22.4 Å². The van der Waals surface area contributed by atoms with E-state index in [0.29, 0.717) is 17.1 Å². The lowest BCUT2D eigenvalue weighted by atomic mass is 10.0. The van der Waals surface area contributed by atoms with Crippen LogP contribution in [-0.4, -0.2) is 54.6 Å². The van der Waals surface area contributed by atoms with Gasteiger partial charge in [-0.15, -0.1) is 0 Å². The molecular formula is C23H24ClN3O3. The molecular weight excluding hydrogens is 402 g/mol. The first-order chi connectivity index (χ1) is 14.6. The van der Waals surface area contributed by atoms with E-state index in [1.165, 1.54) is 0 Å². The number of methoxy groups -OCH3 is 1. The van der Waals surface area contributed by atoms with Gasteiger partial charge in [-0.2, -0.15) is 5.10 Å². The van der Waals surface area contributed by atoms with Gasteiger partial charge in [-0.25, -0.2) is 4.68 Å². The fourth-order valence-electron chi connectivity index (χ4n) is 3.52.